The van der Waals surface area contributed by atoms with Gasteiger partial charge in [-0.25, -0.2) is 9.59 Å². The minimum absolute atomic E-state index is 0.0705. The molecular weight excluding hydrogens is 484 g/mol. The van der Waals surface area contributed by atoms with Crippen LogP contribution in [0.5, 0.6) is 0 Å². The van der Waals surface area contributed by atoms with Crippen LogP contribution in [0.3, 0.4) is 0 Å². The number of carbonyl (C=O) groups is 2. The summed E-state index contributed by atoms with van der Waals surface area (Å²) >= 11 is 0. The van der Waals surface area contributed by atoms with Crippen LogP contribution in [0.2, 0.25) is 0 Å². The molecule has 0 aliphatic heterocycles. The van der Waals surface area contributed by atoms with E-state index in [1.807, 2.05) is 48.5 Å². The lowest BCUT2D eigenvalue weighted by Crippen LogP contribution is -2.49. The number of nitrogens with one attached hydrogen (secondary N) is 2. The third-order valence-corrected chi connectivity index (χ3v) is 5.64. The van der Waals surface area contributed by atoms with Crippen molar-refractivity contribution in [3.05, 3.63) is 96.1 Å². The van der Waals surface area contributed by atoms with Crippen molar-refractivity contribution >= 4 is 12.2 Å². The predicted octanol–water partition coefficient (Wildman–Crippen LogP) is 4.20. The Morgan fingerprint density at radius 2 is 1.53 bits per heavy atom. The van der Waals surface area contributed by atoms with Crippen molar-refractivity contribution in [2.45, 2.75) is 70.4 Å². The summed E-state index contributed by atoms with van der Waals surface area (Å²) in [6.07, 6.45) is 5.38. The lowest BCUT2D eigenvalue weighted by atomic mass is 9.94. The van der Waals surface area contributed by atoms with Crippen LogP contribution in [0.4, 0.5) is 9.59 Å². The Balaban J connectivity index is 1.72. The van der Waals surface area contributed by atoms with Crippen molar-refractivity contribution < 1.29 is 24.2 Å². The number of benzene rings is 1. The van der Waals surface area contributed by atoms with E-state index in [1.54, 1.807) is 51.6 Å². The van der Waals surface area contributed by atoms with E-state index < -0.39 is 36.0 Å². The summed E-state index contributed by atoms with van der Waals surface area (Å²) in [6, 6.07) is 15.7. The Bertz CT molecular complexity index is 1120. The van der Waals surface area contributed by atoms with Gasteiger partial charge in [0.15, 0.2) is 0 Å². The zero-order chi connectivity index (χ0) is 27.4. The predicted molar refractivity (Wildman–Crippen MR) is 143 cm³/mol. The third-order valence-electron chi connectivity index (χ3n) is 5.64. The quantitative estimate of drug-likeness (QED) is 0.346. The maximum Gasteiger partial charge on any atom is 0.407 e. The van der Waals surface area contributed by atoms with Crippen LogP contribution >= 0.6 is 0 Å². The van der Waals surface area contributed by atoms with Crippen molar-refractivity contribution in [2.24, 2.45) is 0 Å². The monoisotopic (exact) mass is 520 g/mol. The molecule has 0 aliphatic rings. The van der Waals surface area contributed by atoms with Gasteiger partial charge in [0.1, 0.15) is 12.2 Å². The molecular formula is C29H36N4O5. The number of aliphatic hydroxyl groups excluding tert-OH is 1. The molecule has 0 radical (unpaired) electrons. The average molecular weight is 521 g/mol. The Morgan fingerprint density at radius 1 is 0.842 bits per heavy atom. The van der Waals surface area contributed by atoms with E-state index in [0.717, 1.165) is 16.7 Å². The van der Waals surface area contributed by atoms with E-state index in [9.17, 15) is 14.7 Å². The molecule has 38 heavy (non-hydrogen) atoms. The highest BCUT2D eigenvalue weighted by atomic mass is 16.6. The molecule has 3 aromatic rings. The van der Waals surface area contributed by atoms with Gasteiger partial charge in [0.05, 0.1) is 12.1 Å². The summed E-state index contributed by atoms with van der Waals surface area (Å²) in [5, 5.41) is 17.0. The van der Waals surface area contributed by atoms with Gasteiger partial charge in [-0.15, -0.1) is 0 Å². The Morgan fingerprint density at radius 3 is 2.18 bits per heavy atom. The Labute approximate surface area is 223 Å². The van der Waals surface area contributed by atoms with Gasteiger partial charge in [0.25, 0.3) is 0 Å². The third kappa shape index (κ3) is 10.6. The molecule has 3 rings (SSSR count). The van der Waals surface area contributed by atoms with Crippen LogP contribution in [0, 0.1) is 0 Å². The van der Waals surface area contributed by atoms with Crippen LogP contribution in [0.1, 0.15) is 43.9 Å². The fourth-order valence-corrected chi connectivity index (χ4v) is 3.90. The minimum atomic E-state index is -0.992. The molecule has 0 bridgehead atoms. The van der Waals surface area contributed by atoms with Crippen molar-refractivity contribution in [1.82, 2.24) is 20.6 Å². The fourth-order valence-electron chi connectivity index (χ4n) is 3.90. The minimum Gasteiger partial charge on any atom is -0.445 e. The molecule has 0 fully saturated rings. The summed E-state index contributed by atoms with van der Waals surface area (Å²) in [6.45, 7) is 5.41. The number of rotatable bonds is 11. The zero-order valence-corrected chi connectivity index (χ0v) is 22.0. The van der Waals surface area contributed by atoms with Crippen molar-refractivity contribution in [1.29, 1.82) is 0 Å². The first-order chi connectivity index (χ1) is 18.2. The molecule has 0 saturated carbocycles. The lowest BCUT2D eigenvalue weighted by Gasteiger charge is -2.29. The summed E-state index contributed by atoms with van der Waals surface area (Å²) in [4.78, 5) is 33.3. The van der Waals surface area contributed by atoms with Crippen molar-refractivity contribution in [2.75, 3.05) is 0 Å². The summed E-state index contributed by atoms with van der Waals surface area (Å²) in [5.74, 6) is 0. The number of carbonyl (C=O) groups excluding carboxylic acids is 2. The molecule has 3 N–H and O–H groups in total. The van der Waals surface area contributed by atoms with Gasteiger partial charge < -0.3 is 25.2 Å². The van der Waals surface area contributed by atoms with Crippen LogP contribution < -0.4 is 10.6 Å². The molecule has 9 nitrogen and oxygen atoms in total. The van der Waals surface area contributed by atoms with E-state index >= 15 is 0 Å². The number of ether oxygens (including phenoxy) is 2. The second-order valence-electron chi connectivity index (χ2n) is 10.1. The van der Waals surface area contributed by atoms with Gasteiger partial charge >= 0.3 is 12.2 Å². The van der Waals surface area contributed by atoms with Crippen LogP contribution in [0.15, 0.2) is 79.4 Å². The number of aromatic nitrogens is 2. The topological polar surface area (TPSA) is 123 Å². The average Bonchev–Trinajstić information content (AvgIpc) is 2.88. The Hall–Kier alpha value is -3.98. The van der Waals surface area contributed by atoms with Gasteiger partial charge in [-0.05, 0) is 69.4 Å². The second-order valence-corrected chi connectivity index (χ2v) is 10.1. The van der Waals surface area contributed by atoms with E-state index in [0.29, 0.717) is 12.8 Å². The van der Waals surface area contributed by atoms with Gasteiger partial charge in [0.2, 0.25) is 0 Å². The smallest absolute Gasteiger partial charge is 0.407 e. The lowest BCUT2D eigenvalue weighted by molar-refractivity contribution is 0.0397. The largest absolute Gasteiger partial charge is 0.445 e. The zero-order valence-electron chi connectivity index (χ0n) is 22.0. The maximum atomic E-state index is 12.7. The van der Waals surface area contributed by atoms with Crippen molar-refractivity contribution in [3.8, 4) is 0 Å². The van der Waals surface area contributed by atoms with Gasteiger partial charge in [-0.1, -0.05) is 36.4 Å². The molecule has 3 atom stereocenters. The van der Waals surface area contributed by atoms with E-state index in [-0.39, 0.29) is 13.0 Å². The first-order valence-electron chi connectivity index (χ1n) is 12.6. The number of pyridine rings is 2. The number of alkyl carbamates (subject to hydrolysis) is 2. The highest BCUT2D eigenvalue weighted by Gasteiger charge is 2.28. The SMILES string of the molecule is CC(C)(C)OC(=O)N[C@@H](Cc1ccccc1)[C@@H](O)C[C@H](Cc1ccncc1)NC(=O)OCc1cccnc1. The normalized spacial score (nSPS) is 13.6. The molecule has 9 heteroatoms. The van der Waals surface area contributed by atoms with Crippen LogP contribution in [-0.2, 0) is 28.9 Å². The molecule has 2 heterocycles. The van der Waals surface area contributed by atoms with Gasteiger partial charge in [-0.2, -0.15) is 0 Å². The number of nitrogens with zero attached hydrogens (tertiary/aromatic N) is 2. The van der Waals surface area contributed by atoms with Gasteiger partial charge in [0, 0.05) is 36.4 Å². The summed E-state index contributed by atoms with van der Waals surface area (Å²) in [7, 11) is 0. The van der Waals surface area contributed by atoms with Gasteiger partial charge in [-0.3, -0.25) is 9.97 Å². The van der Waals surface area contributed by atoms with E-state index in [2.05, 4.69) is 20.6 Å². The first-order valence-corrected chi connectivity index (χ1v) is 12.6. The molecule has 202 valence electrons. The second kappa shape index (κ2) is 14.1. The molecule has 0 saturated heterocycles. The van der Waals surface area contributed by atoms with E-state index in [4.69, 9.17) is 9.47 Å². The molecule has 1 aromatic carbocycles. The number of aliphatic hydroxyl groups is 1. The molecule has 0 spiro atoms. The summed E-state index contributed by atoms with van der Waals surface area (Å²) in [5.41, 5.74) is 1.96. The first kappa shape index (κ1) is 28.6. The molecule has 2 aromatic heterocycles. The summed E-state index contributed by atoms with van der Waals surface area (Å²) < 4.78 is 10.8. The standard InChI is InChI=1S/C29H36N4O5/c1-29(2,3)38-28(36)33-25(17-21-8-5-4-6-9-21)26(34)18-24(16-22-11-14-30-15-12-22)32-27(35)37-20-23-10-7-13-31-19-23/h4-15,19,24-26,34H,16-18,20H2,1-3H3,(H,32,35)(H,33,36)/t24-,25-,26-/m0/s1. The van der Waals surface area contributed by atoms with Crippen molar-refractivity contribution in [3.63, 3.8) is 0 Å². The Kier molecular flexibility index (Phi) is 10.6. The molecule has 0 unspecified atom stereocenters. The molecule has 0 aliphatic carbocycles. The number of hydrogen-bond donors (Lipinski definition) is 3. The number of hydrogen-bond acceptors (Lipinski definition) is 7. The maximum absolute atomic E-state index is 12.7. The van der Waals surface area contributed by atoms with Crippen LogP contribution in [-0.4, -0.2) is 51.0 Å². The fraction of sp³-hybridized carbons (Fsp3) is 0.379. The number of amides is 2. The molecule has 2 amide bonds. The highest BCUT2D eigenvalue weighted by molar-refractivity contribution is 5.68. The highest BCUT2D eigenvalue weighted by Crippen LogP contribution is 2.15. The van der Waals surface area contributed by atoms with E-state index in [1.165, 1.54) is 0 Å². The van der Waals surface area contributed by atoms with Crippen LogP contribution in [0.25, 0.3) is 0 Å².